The number of aromatic hydroxyl groups is 1. The second-order valence-electron chi connectivity index (χ2n) is 5.83. The summed E-state index contributed by atoms with van der Waals surface area (Å²) in [6, 6.07) is 16.5. The first-order valence-electron chi connectivity index (χ1n) is 8.03. The van der Waals surface area contributed by atoms with Gasteiger partial charge in [0.05, 0.1) is 17.0 Å². The van der Waals surface area contributed by atoms with Gasteiger partial charge in [-0.2, -0.15) is 10.1 Å². The van der Waals surface area contributed by atoms with Crippen molar-refractivity contribution in [1.29, 1.82) is 0 Å². The van der Waals surface area contributed by atoms with Gasteiger partial charge in [-0.15, -0.1) is 11.3 Å². The number of phenols is 1. The summed E-state index contributed by atoms with van der Waals surface area (Å²) >= 11 is 1.38. The first kappa shape index (κ1) is 16.2. The van der Waals surface area contributed by atoms with Gasteiger partial charge in [-0.25, -0.2) is 4.98 Å². The van der Waals surface area contributed by atoms with Gasteiger partial charge in [0.15, 0.2) is 0 Å². The number of nitrogens with zero attached hydrogens (tertiary/aromatic N) is 3. The normalized spacial score (nSPS) is 15.6. The monoisotopic (exact) mass is 361 g/mol. The molecule has 0 radical (unpaired) electrons. The van der Waals surface area contributed by atoms with Crippen LogP contribution in [0.2, 0.25) is 0 Å². The van der Waals surface area contributed by atoms with Crippen LogP contribution in [-0.4, -0.2) is 21.7 Å². The first-order chi connectivity index (χ1) is 12.6. The molecule has 0 aliphatic carbocycles. The number of amides is 1. The number of hydrogen-bond acceptors (Lipinski definition) is 5. The molecule has 5 nitrogen and oxygen atoms in total. The van der Waals surface area contributed by atoms with Gasteiger partial charge >= 0.3 is 0 Å². The van der Waals surface area contributed by atoms with Crippen molar-refractivity contribution in [2.24, 2.45) is 5.10 Å². The van der Waals surface area contributed by atoms with Crippen LogP contribution >= 0.6 is 11.3 Å². The van der Waals surface area contributed by atoms with E-state index in [2.05, 4.69) is 10.1 Å². The van der Waals surface area contributed by atoms with E-state index in [1.807, 2.05) is 35.7 Å². The van der Waals surface area contributed by atoms with Crippen LogP contribution in [0.5, 0.6) is 5.75 Å². The molecule has 0 atom stereocenters. The summed E-state index contributed by atoms with van der Waals surface area (Å²) in [5.41, 5.74) is 3.81. The molecule has 0 unspecified atom stereocenters. The lowest BCUT2D eigenvalue weighted by Gasteiger charge is -2.06. The second-order valence-corrected chi connectivity index (χ2v) is 6.67. The number of phenolic OH excluding ortho intramolecular Hbond substituents is 1. The third-order valence-corrected chi connectivity index (χ3v) is 4.83. The van der Waals surface area contributed by atoms with E-state index >= 15 is 0 Å². The Kier molecular flexibility index (Phi) is 4.10. The maximum atomic E-state index is 12.8. The first-order valence-corrected chi connectivity index (χ1v) is 8.91. The van der Waals surface area contributed by atoms with E-state index in [9.17, 15) is 9.90 Å². The molecule has 1 N–H and O–H groups in total. The fourth-order valence-electron chi connectivity index (χ4n) is 2.65. The largest absolute Gasteiger partial charge is 0.508 e. The molecule has 6 heteroatoms. The van der Waals surface area contributed by atoms with Crippen LogP contribution < -0.4 is 5.01 Å². The van der Waals surface area contributed by atoms with E-state index in [1.54, 1.807) is 37.3 Å². The molecule has 0 saturated carbocycles. The number of rotatable bonds is 3. The zero-order valence-corrected chi connectivity index (χ0v) is 14.8. The van der Waals surface area contributed by atoms with Gasteiger partial charge in [-0.05, 0) is 30.7 Å². The lowest BCUT2D eigenvalue weighted by atomic mass is 10.1. The summed E-state index contributed by atoms with van der Waals surface area (Å²) in [4.78, 5) is 17.4. The van der Waals surface area contributed by atoms with E-state index in [4.69, 9.17) is 0 Å². The van der Waals surface area contributed by atoms with Crippen molar-refractivity contribution in [3.63, 3.8) is 0 Å². The number of hydrogen-bond donors (Lipinski definition) is 1. The second kappa shape index (κ2) is 6.57. The Morgan fingerprint density at radius 2 is 1.81 bits per heavy atom. The Hall–Kier alpha value is -3.25. The molecular formula is C20H15N3O2S. The smallest absolute Gasteiger partial charge is 0.282 e. The van der Waals surface area contributed by atoms with E-state index < -0.39 is 0 Å². The van der Waals surface area contributed by atoms with Crippen LogP contribution in [0.15, 0.2) is 70.7 Å². The standard InChI is InChI=1S/C20H15N3O2S/c1-13-17(11-14-7-9-16(24)10-8-14)19(25)23(22-13)20-21-18(12-26-20)15-5-3-2-4-6-15/h2-12,24H,1H3. The van der Waals surface area contributed by atoms with Crippen molar-refractivity contribution in [1.82, 2.24) is 4.98 Å². The zero-order chi connectivity index (χ0) is 18.1. The summed E-state index contributed by atoms with van der Waals surface area (Å²) in [6.07, 6.45) is 1.77. The Labute approximate surface area is 154 Å². The fourth-order valence-corrected chi connectivity index (χ4v) is 3.43. The number of anilines is 1. The highest BCUT2D eigenvalue weighted by Crippen LogP contribution is 2.31. The molecule has 128 valence electrons. The van der Waals surface area contributed by atoms with Crippen LogP contribution in [0.4, 0.5) is 5.13 Å². The predicted octanol–water partition coefficient (Wildman–Crippen LogP) is 4.32. The van der Waals surface area contributed by atoms with Gasteiger partial charge < -0.3 is 5.11 Å². The Bertz CT molecular complexity index is 1020. The molecule has 3 aromatic rings. The fraction of sp³-hybridized carbons (Fsp3) is 0.0500. The number of benzene rings is 2. The molecule has 0 fully saturated rings. The molecule has 1 aromatic heterocycles. The summed E-state index contributed by atoms with van der Waals surface area (Å²) in [6.45, 7) is 1.80. The number of thiazole rings is 1. The maximum Gasteiger partial charge on any atom is 0.282 e. The summed E-state index contributed by atoms with van der Waals surface area (Å²) in [7, 11) is 0. The van der Waals surface area contributed by atoms with Crippen molar-refractivity contribution < 1.29 is 9.90 Å². The van der Waals surface area contributed by atoms with E-state index in [0.29, 0.717) is 16.4 Å². The van der Waals surface area contributed by atoms with Gasteiger partial charge in [0.1, 0.15) is 5.75 Å². The minimum atomic E-state index is -0.204. The maximum absolute atomic E-state index is 12.8. The number of carbonyl (C=O) groups is 1. The number of aromatic nitrogens is 1. The molecule has 2 aromatic carbocycles. The Balaban J connectivity index is 1.63. The molecule has 1 aliphatic heterocycles. The highest BCUT2D eigenvalue weighted by atomic mass is 32.1. The molecular weight excluding hydrogens is 346 g/mol. The van der Waals surface area contributed by atoms with Gasteiger partial charge in [-0.1, -0.05) is 42.5 Å². The topological polar surface area (TPSA) is 65.8 Å². The van der Waals surface area contributed by atoms with Crippen LogP contribution in [0.25, 0.3) is 17.3 Å². The SMILES string of the molecule is CC1=NN(c2nc(-c3ccccc3)cs2)C(=O)C1=Cc1ccc(O)cc1. The summed E-state index contributed by atoms with van der Waals surface area (Å²) in [5, 5.41) is 17.6. The van der Waals surface area contributed by atoms with E-state index in [1.165, 1.54) is 16.3 Å². The van der Waals surface area contributed by atoms with Crippen molar-refractivity contribution in [3.05, 3.63) is 71.1 Å². The lowest BCUT2D eigenvalue weighted by molar-refractivity contribution is -0.114. The highest BCUT2D eigenvalue weighted by molar-refractivity contribution is 7.14. The van der Waals surface area contributed by atoms with Gasteiger partial charge in [0.2, 0.25) is 5.13 Å². The zero-order valence-electron chi connectivity index (χ0n) is 14.0. The average molecular weight is 361 g/mol. The van der Waals surface area contributed by atoms with Crippen LogP contribution in [-0.2, 0) is 4.79 Å². The van der Waals surface area contributed by atoms with Crippen molar-refractivity contribution in [2.45, 2.75) is 6.92 Å². The third-order valence-electron chi connectivity index (χ3n) is 4.01. The van der Waals surface area contributed by atoms with Crippen LogP contribution in [0, 0.1) is 0 Å². The predicted molar refractivity (Wildman–Crippen MR) is 104 cm³/mol. The third kappa shape index (κ3) is 3.02. The Morgan fingerprint density at radius 3 is 2.54 bits per heavy atom. The average Bonchev–Trinajstić information content (AvgIpc) is 3.25. The molecule has 0 bridgehead atoms. The van der Waals surface area contributed by atoms with Gasteiger partial charge in [-0.3, -0.25) is 4.79 Å². The Morgan fingerprint density at radius 1 is 1.08 bits per heavy atom. The minimum Gasteiger partial charge on any atom is -0.508 e. The van der Waals surface area contributed by atoms with Crippen molar-refractivity contribution in [2.75, 3.05) is 5.01 Å². The van der Waals surface area contributed by atoms with E-state index in [0.717, 1.165) is 16.8 Å². The number of hydrazone groups is 1. The van der Waals surface area contributed by atoms with Crippen molar-refractivity contribution >= 4 is 34.2 Å². The molecule has 26 heavy (non-hydrogen) atoms. The van der Waals surface area contributed by atoms with E-state index in [-0.39, 0.29) is 11.7 Å². The van der Waals surface area contributed by atoms with Gasteiger partial charge in [0.25, 0.3) is 5.91 Å². The molecule has 0 saturated heterocycles. The van der Waals surface area contributed by atoms with Gasteiger partial charge in [0, 0.05) is 10.9 Å². The molecule has 0 spiro atoms. The summed E-state index contributed by atoms with van der Waals surface area (Å²) in [5.74, 6) is -0.0160. The molecule has 4 rings (SSSR count). The molecule has 2 heterocycles. The van der Waals surface area contributed by atoms with Crippen LogP contribution in [0.3, 0.4) is 0 Å². The lowest BCUT2D eigenvalue weighted by Crippen LogP contribution is -2.21. The molecule has 1 aliphatic rings. The summed E-state index contributed by atoms with van der Waals surface area (Å²) < 4.78 is 0. The minimum absolute atomic E-state index is 0.188. The quantitative estimate of drug-likeness (QED) is 0.707. The molecule has 1 amide bonds. The van der Waals surface area contributed by atoms with Crippen molar-refractivity contribution in [3.8, 4) is 17.0 Å². The highest BCUT2D eigenvalue weighted by Gasteiger charge is 2.30. The van der Waals surface area contributed by atoms with Crippen LogP contribution in [0.1, 0.15) is 12.5 Å². The number of carbonyl (C=O) groups excluding carboxylic acids is 1.